The van der Waals surface area contributed by atoms with Gasteiger partial charge in [0.2, 0.25) is 0 Å². The molecule has 2 heterocycles. The van der Waals surface area contributed by atoms with Crippen molar-refractivity contribution < 1.29 is 4.52 Å². The molecule has 0 N–H and O–H groups in total. The fraction of sp³-hybridized carbons (Fsp3) is 0.167. The molecule has 0 saturated carbocycles. The van der Waals surface area contributed by atoms with Crippen molar-refractivity contribution in [1.29, 1.82) is 0 Å². The average molecular weight is 248 g/mol. The Balaban J connectivity index is 2.14. The lowest BCUT2D eigenvalue weighted by atomic mass is 10.1. The molecule has 0 aliphatic heterocycles. The first-order chi connectivity index (χ1) is 8.25. The molecule has 0 amide bonds. The van der Waals surface area contributed by atoms with Crippen LogP contribution in [0.15, 0.2) is 41.4 Å². The minimum Gasteiger partial charge on any atom is -0.356 e. The quantitative estimate of drug-likeness (QED) is 0.698. The molecule has 1 atom stereocenters. The molecular weight excluding hydrogens is 238 g/mol. The molecule has 3 aromatic rings. The topological polar surface area (TPSA) is 43.9 Å². The van der Waals surface area contributed by atoms with E-state index in [1.165, 1.54) is 0 Å². The molecule has 0 saturated heterocycles. The van der Waals surface area contributed by atoms with E-state index in [1.807, 2.05) is 29.8 Å². The van der Waals surface area contributed by atoms with Crippen molar-refractivity contribution in [2.24, 2.45) is 0 Å². The molecule has 86 valence electrons. The number of fused-ring (bicyclic) bond motifs is 1. The summed E-state index contributed by atoms with van der Waals surface area (Å²) in [5, 5.41) is 5.73. The highest BCUT2D eigenvalue weighted by molar-refractivity contribution is 6.31. The molecule has 1 unspecified atom stereocenters. The minimum absolute atomic E-state index is 0.0669. The van der Waals surface area contributed by atoms with Gasteiger partial charge < -0.3 is 9.09 Å². The van der Waals surface area contributed by atoms with Crippen LogP contribution in [0.5, 0.6) is 0 Å². The highest BCUT2D eigenvalue weighted by Gasteiger charge is 2.16. The number of nitrogens with zero attached hydrogens (tertiary/aromatic N) is 3. The largest absolute Gasteiger partial charge is 0.356 e. The van der Waals surface area contributed by atoms with Crippen LogP contribution >= 0.6 is 11.6 Å². The SMILES string of the molecule is CC(c1noc2ccc(Cl)cc12)n1ccnc1. The zero-order chi connectivity index (χ0) is 11.8. The predicted molar refractivity (Wildman–Crippen MR) is 65.1 cm³/mol. The minimum atomic E-state index is 0.0669. The lowest BCUT2D eigenvalue weighted by Crippen LogP contribution is -2.04. The van der Waals surface area contributed by atoms with Gasteiger partial charge in [-0.1, -0.05) is 16.8 Å². The zero-order valence-electron chi connectivity index (χ0n) is 9.17. The summed E-state index contributed by atoms with van der Waals surface area (Å²) in [6, 6.07) is 5.56. The monoisotopic (exact) mass is 247 g/mol. The highest BCUT2D eigenvalue weighted by Crippen LogP contribution is 2.28. The van der Waals surface area contributed by atoms with Crippen molar-refractivity contribution in [3.05, 3.63) is 47.6 Å². The average Bonchev–Trinajstić information content (AvgIpc) is 2.97. The molecule has 5 heteroatoms. The van der Waals surface area contributed by atoms with Crippen molar-refractivity contribution in [3.8, 4) is 0 Å². The molecule has 1 aromatic carbocycles. The van der Waals surface area contributed by atoms with Crippen LogP contribution in [0, 0.1) is 0 Å². The van der Waals surface area contributed by atoms with Gasteiger partial charge in [0, 0.05) is 22.8 Å². The van der Waals surface area contributed by atoms with Gasteiger partial charge in [-0.15, -0.1) is 0 Å². The summed E-state index contributed by atoms with van der Waals surface area (Å²) in [4.78, 5) is 4.03. The van der Waals surface area contributed by atoms with Crippen LogP contribution in [0.1, 0.15) is 18.7 Å². The lowest BCUT2D eigenvalue weighted by Gasteiger charge is -2.09. The Kier molecular flexibility index (Phi) is 2.37. The number of benzene rings is 1. The standard InChI is InChI=1S/C12H10ClN3O/c1-8(16-5-4-14-7-16)12-10-6-9(13)2-3-11(10)17-15-12/h2-8H,1H3. The third kappa shape index (κ3) is 1.70. The van der Waals surface area contributed by atoms with Gasteiger partial charge in [0.25, 0.3) is 0 Å². The molecule has 0 spiro atoms. The second kappa shape index (κ2) is 3.89. The van der Waals surface area contributed by atoms with Gasteiger partial charge in [0.05, 0.1) is 12.4 Å². The van der Waals surface area contributed by atoms with Crippen LogP contribution < -0.4 is 0 Å². The molecule has 17 heavy (non-hydrogen) atoms. The Morgan fingerprint density at radius 3 is 3.06 bits per heavy atom. The molecule has 3 rings (SSSR count). The highest BCUT2D eigenvalue weighted by atomic mass is 35.5. The Bertz CT molecular complexity index is 645. The van der Waals surface area contributed by atoms with E-state index in [4.69, 9.17) is 16.1 Å². The van der Waals surface area contributed by atoms with E-state index < -0.39 is 0 Å². The van der Waals surface area contributed by atoms with Crippen molar-refractivity contribution in [2.45, 2.75) is 13.0 Å². The summed E-state index contributed by atoms with van der Waals surface area (Å²) >= 11 is 5.99. The zero-order valence-corrected chi connectivity index (χ0v) is 9.93. The Labute approximate surface area is 103 Å². The van der Waals surface area contributed by atoms with Crippen LogP contribution in [0.4, 0.5) is 0 Å². The fourth-order valence-electron chi connectivity index (χ4n) is 1.87. The van der Waals surface area contributed by atoms with Crippen molar-refractivity contribution in [3.63, 3.8) is 0 Å². The number of rotatable bonds is 2. The first kappa shape index (κ1) is 10.4. The maximum Gasteiger partial charge on any atom is 0.167 e. The van der Waals surface area contributed by atoms with Crippen LogP contribution in [-0.4, -0.2) is 14.7 Å². The summed E-state index contributed by atoms with van der Waals surface area (Å²) in [6.45, 7) is 2.04. The van der Waals surface area contributed by atoms with Gasteiger partial charge in [-0.05, 0) is 25.1 Å². The Morgan fingerprint density at radius 1 is 1.41 bits per heavy atom. The number of hydrogen-bond donors (Lipinski definition) is 0. The van der Waals surface area contributed by atoms with Gasteiger partial charge in [0.15, 0.2) is 5.58 Å². The number of imidazole rings is 1. The second-order valence-corrected chi connectivity index (χ2v) is 4.33. The second-order valence-electron chi connectivity index (χ2n) is 3.89. The summed E-state index contributed by atoms with van der Waals surface area (Å²) in [5.41, 5.74) is 1.61. The van der Waals surface area contributed by atoms with E-state index in [2.05, 4.69) is 10.1 Å². The number of halogens is 1. The van der Waals surface area contributed by atoms with Gasteiger partial charge >= 0.3 is 0 Å². The Hall–Kier alpha value is -1.81. The molecule has 0 aliphatic rings. The first-order valence-electron chi connectivity index (χ1n) is 5.28. The maximum absolute atomic E-state index is 5.99. The van der Waals surface area contributed by atoms with Gasteiger partial charge in [-0.2, -0.15) is 0 Å². The molecule has 0 radical (unpaired) electrons. The Morgan fingerprint density at radius 2 is 2.29 bits per heavy atom. The van der Waals surface area contributed by atoms with E-state index in [-0.39, 0.29) is 6.04 Å². The van der Waals surface area contributed by atoms with E-state index in [0.717, 1.165) is 16.7 Å². The summed E-state index contributed by atoms with van der Waals surface area (Å²) < 4.78 is 7.25. The van der Waals surface area contributed by atoms with Gasteiger partial charge in [-0.25, -0.2) is 4.98 Å². The molecule has 0 aliphatic carbocycles. The van der Waals surface area contributed by atoms with E-state index in [0.29, 0.717) is 5.02 Å². The van der Waals surface area contributed by atoms with Crippen molar-refractivity contribution in [1.82, 2.24) is 14.7 Å². The van der Waals surface area contributed by atoms with E-state index in [1.54, 1.807) is 18.6 Å². The molecule has 2 aromatic heterocycles. The lowest BCUT2D eigenvalue weighted by molar-refractivity contribution is 0.432. The van der Waals surface area contributed by atoms with Crippen LogP contribution in [-0.2, 0) is 0 Å². The fourth-order valence-corrected chi connectivity index (χ4v) is 2.04. The summed E-state index contributed by atoms with van der Waals surface area (Å²) in [7, 11) is 0. The van der Waals surface area contributed by atoms with Crippen LogP contribution in [0.25, 0.3) is 11.0 Å². The third-order valence-corrected chi connectivity index (χ3v) is 3.06. The van der Waals surface area contributed by atoms with Crippen LogP contribution in [0.2, 0.25) is 5.02 Å². The van der Waals surface area contributed by atoms with E-state index >= 15 is 0 Å². The normalized spacial score (nSPS) is 13.1. The molecule has 0 bridgehead atoms. The van der Waals surface area contributed by atoms with E-state index in [9.17, 15) is 0 Å². The molecule has 0 fully saturated rings. The molecule has 4 nitrogen and oxygen atoms in total. The maximum atomic E-state index is 5.99. The van der Waals surface area contributed by atoms with Gasteiger partial charge in [0.1, 0.15) is 5.69 Å². The summed E-state index contributed by atoms with van der Waals surface area (Å²) in [5.74, 6) is 0. The number of aromatic nitrogens is 3. The first-order valence-corrected chi connectivity index (χ1v) is 5.66. The smallest absolute Gasteiger partial charge is 0.167 e. The third-order valence-electron chi connectivity index (χ3n) is 2.83. The van der Waals surface area contributed by atoms with Crippen LogP contribution in [0.3, 0.4) is 0 Å². The van der Waals surface area contributed by atoms with Crippen molar-refractivity contribution in [2.75, 3.05) is 0 Å². The molecular formula is C12H10ClN3O. The van der Waals surface area contributed by atoms with Crippen molar-refractivity contribution >= 4 is 22.6 Å². The van der Waals surface area contributed by atoms with Gasteiger partial charge in [-0.3, -0.25) is 0 Å². The predicted octanol–water partition coefficient (Wildman–Crippen LogP) is 3.29. The number of hydrogen-bond acceptors (Lipinski definition) is 3. The summed E-state index contributed by atoms with van der Waals surface area (Å²) in [6.07, 6.45) is 5.40.